The molecule has 0 N–H and O–H groups in total. The van der Waals surface area contributed by atoms with Gasteiger partial charge in [0.15, 0.2) is 0 Å². The van der Waals surface area contributed by atoms with Crippen LogP contribution in [-0.2, 0) is 9.53 Å². The molecule has 1 saturated heterocycles. The molecule has 0 aromatic heterocycles. The van der Waals surface area contributed by atoms with Gasteiger partial charge in [-0.05, 0) is 74.0 Å². The van der Waals surface area contributed by atoms with E-state index in [0.717, 1.165) is 12.3 Å². The quantitative estimate of drug-likeness (QED) is 0.617. The maximum atomic E-state index is 13.0. The van der Waals surface area contributed by atoms with Crippen molar-refractivity contribution in [2.75, 3.05) is 0 Å². The third kappa shape index (κ3) is 1.36. The first kappa shape index (κ1) is 15.7. The minimum atomic E-state index is -0.232. The monoisotopic (exact) mass is 330 g/mol. The van der Waals surface area contributed by atoms with Gasteiger partial charge in [0.05, 0.1) is 5.41 Å². The Hall–Kier alpha value is -0.530. The van der Waals surface area contributed by atoms with Gasteiger partial charge in [0.2, 0.25) is 0 Å². The summed E-state index contributed by atoms with van der Waals surface area (Å²) in [6.45, 7) is 12.0. The lowest BCUT2D eigenvalue weighted by molar-refractivity contribution is -0.160. The molecule has 0 radical (unpaired) electrons. The van der Waals surface area contributed by atoms with Gasteiger partial charge in [-0.25, -0.2) is 0 Å². The van der Waals surface area contributed by atoms with E-state index in [1.165, 1.54) is 38.5 Å². The highest BCUT2D eigenvalue weighted by atomic mass is 16.6. The first-order chi connectivity index (χ1) is 11.2. The second-order valence-electron chi connectivity index (χ2n) is 10.8. The summed E-state index contributed by atoms with van der Waals surface area (Å²) < 4.78 is 6.42. The number of hydrogen-bond acceptors (Lipinski definition) is 2. The first-order valence-corrected chi connectivity index (χ1v) is 10.5. The Morgan fingerprint density at radius 1 is 1.17 bits per heavy atom. The van der Waals surface area contributed by atoms with Gasteiger partial charge in [-0.15, -0.1) is 0 Å². The van der Waals surface area contributed by atoms with Crippen LogP contribution in [0.5, 0.6) is 0 Å². The highest BCUT2D eigenvalue weighted by molar-refractivity contribution is 5.81. The number of carbonyl (C=O) groups excluding carboxylic acids is 1. The Morgan fingerprint density at radius 2 is 1.92 bits per heavy atom. The number of hydrogen-bond donors (Lipinski definition) is 0. The van der Waals surface area contributed by atoms with Crippen molar-refractivity contribution < 1.29 is 9.53 Å². The summed E-state index contributed by atoms with van der Waals surface area (Å²) >= 11 is 0. The minimum Gasteiger partial charge on any atom is -0.458 e. The Kier molecular flexibility index (Phi) is 2.77. The molecule has 1 heterocycles. The molecule has 5 rings (SSSR count). The lowest BCUT2D eigenvalue weighted by Gasteiger charge is -2.45. The number of fused-ring (bicyclic) bond motifs is 1. The minimum absolute atomic E-state index is 0.109. The zero-order valence-corrected chi connectivity index (χ0v) is 16.2. The molecule has 4 aliphatic carbocycles. The lowest BCUT2D eigenvalue weighted by atomic mass is 9.56. The molecule has 1 aliphatic heterocycles. The second-order valence-corrected chi connectivity index (χ2v) is 10.8. The van der Waals surface area contributed by atoms with Crippen molar-refractivity contribution in [2.45, 2.75) is 85.2 Å². The van der Waals surface area contributed by atoms with Crippen molar-refractivity contribution in [2.24, 2.45) is 45.8 Å². The number of esters is 1. The zero-order valence-electron chi connectivity index (χ0n) is 16.2. The van der Waals surface area contributed by atoms with Gasteiger partial charge in [-0.3, -0.25) is 4.79 Å². The zero-order chi connectivity index (χ0) is 17.1. The van der Waals surface area contributed by atoms with Crippen LogP contribution in [0.2, 0.25) is 0 Å². The Morgan fingerprint density at radius 3 is 2.62 bits per heavy atom. The molecule has 5 aliphatic rings. The van der Waals surface area contributed by atoms with Crippen LogP contribution < -0.4 is 0 Å². The molecule has 4 bridgehead atoms. The van der Waals surface area contributed by atoms with Crippen LogP contribution in [0.4, 0.5) is 0 Å². The highest BCUT2D eigenvalue weighted by Gasteiger charge is 2.81. The summed E-state index contributed by atoms with van der Waals surface area (Å²) in [5, 5.41) is 0. The largest absolute Gasteiger partial charge is 0.458 e. The van der Waals surface area contributed by atoms with E-state index in [0.29, 0.717) is 34.5 Å². The molecular formula is C22H34O2. The second kappa shape index (κ2) is 4.23. The number of ether oxygens (including phenoxy) is 1. The molecule has 2 heteroatoms. The molecule has 4 saturated carbocycles. The van der Waals surface area contributed by atoms with Crippen LogP contribution in [0.3, 0.4) is 0 Å². The van der Waals surface area contributed by atoms with Crippen molar-refractivity contribution in [1.29, 1.82) is 0 Å². The van der Waals surface area contributed by atoms with Crippen LogP contribution in [0.1, 0.15) is 79.6 Å². The van der Waals surface area contributed by atoms with E-state index in [2.05, 4.69) is 34.6 Å². The van der Waals surface area contributed by atoms with E-state index in [9.17, 15) is 4.79 Å². The maximum Gasteiger partial charge on any atom is 0.313 e. The highest BCUT2D eigenvalue weighted by Crippen LogP contribution is 2.80. The van der Waals surface area contributed by atoms with E-state index >= 15 is 0 Å². The lowest BCUT2D eigenvalue weighted by Crippen LogP contribution is -2.49. The van der Waals surface area contributed by atoms with Gasteiger partial charge in [0.1, 0.15) is 5.60 Å². The van der Waals surface area contributed by atoms with E-state index in [4.69, 9.17) is 4.74 Å². The summed E-state index contributed by atoms with van der Waals surface area (Å²) in [5.41, 5.74) is 0.624. The Balaban J connectivity index is 1.67. The molecule has 2 nitrogen and oxygen atoms in total. The maximum absolute atomic E-state index is 13.0. The third-order valence-corrected chi connectivity index (χ3v) is 10.5. The fraction of sp³-hybridized carbons (Fsp3) is 0.955. The van der Waals surface area contributed by atoms with Crippen molar-refractivity contribution in [3.05, 3.63) is 0 Å². The van der Waals surface area contributed by atoms with E-state index in [1.807, 2.05) is 0 Å². The molecule has 0 aromatic rings. The average molecular weight is 331 g/mol. The Bertz CT molecular complexity index is 613. The fourth-order valence-corrected chi connectivity index (χ4v) is 9.03. The van der Waals surface area contributed by atoms with Gasteiger partial charge >= 0.3 is 5.97 Å². The van der Waals surface area contributed by atoms with Crippen LogP contribution in [0, 0.1) is 45.8 Å². The summed E-state index contributed by atoms with van der Waals surface area (Å²) in [7, 11) is 0. The number of carbonyl (C=O) groups is 1. The summed E-state index contributed by atoms with van der Waals surface area (Å²) in [6.07, 6.45) is 9.07. The van der Waals surface area contributed by atoms with E-state index in [-0.39, 0.29) is 17.0 Å². The molecular weight excluding hydrogens is 296 g/mol. The molecule has 0 amide bonds. The van der Waals surface area contributed by atoms with Crippen LogP contribution >= 0.6 is 0 Å². The van der Waals surface area contributed by atoms with E-state index in [1.54, 1.807) is 0 Å². The predicted octanol–water partition coefficient (Wildman–Crippen LogP) is 5.21. The summed E-state index contributed by atoms with van der Waals surface area (Å²) in [4.78, 5) is 13.0. The number of rotatable bonds is 1. The van der Waals surface area contributed by atoms with Gasteiger partial charge in [-0.2, -0.15) is 0 Å². The van der Waals surface area contributed by atoms with Crippen LogP contribution in [0.15, 0.2) is 0 Å². The smallest absolute Gasteiger partial charge is 0.313 e. The molecule has 5 fully saturated rings. The summed E-state index contributed by atoms with van der Waals surface area (Å²) in [6, 6.07) is 0. The third-order valence-electron chi connectivity index (χ3n) is 10.5. The average Bonchev–Trinajstić information content (AvgIpc) is 2.99. The molecule has 24 heavy (non-hydrogen) atoms. The Labute approximate surface area is 147 Å². The normalized spacial score (nSPS) is 63.9. The topological polar surface area (TPSA) is 26.3 Å². The van der Waals surface area contributed by atoms with Gasteiger partial charge in [0.25, 0.3) is 0 Å². The van der Waals surface area contributed by atoms with Crippen LogP contribution in [0.25, 0.3) is 0 Å². The molecule has 134 valence electrons. The van der Waals surface area contributed by atoms with Gasteiger partial charge in [0, 0.05) is 11.8 Å². The molecule has 1 spiro atoms. The van der Waals surface area contributed by atoms with Crippen molar-refractivity contribution in [3.8, 4) is 0 Å². The van der Waals surface area contributed by atoms with Crippen molar-refractivity contribution >= 4 is 5.97 Å². The fourth-order valence-electron chi connectivity index (χ4n) is 9.03. The molecule has 9 atom stereocenters. The van der Waals surface area contributed by atoms with Crippen molar-refractivity contribution in [1.82, 2.24) is 0 Å². The first-order valence-electron chi connectivity index (χ1n) is 10.5. The van der Waals surface area contributed by atoms with Gasteiger partial charge in [-0.1, -0.05) is 34.1 Å². The van der Waals surface area contributed by atoms with E-state index < -0.39 is 0 Å². The SMILES string of the molecule is CCC1(C)C[C@]23C[C@@H]1CCC2[C@@]12CCC(C)C(C)(C(=O)O1)C2[C@@H]3C. The standard InChI is InChI=1S/C22H34O2/c1-6-19(4)12-21-11-15(19)7-8-16(21)22-10-9-13(2)20(5,18(23)24-22)17(22)14(21)3/h13-17H,6-12H2,1-5H3/t13?,14-,15-,16?,17?,19?,20?,21-,22+/m0/s1. The predicted molar refractivity (Wildman–Crippen MR) is 94.3 cm³/mol. The summed E-state index contributed by atoms with van der Waals surface area (Å²) in [5.74, 6) is 3.24. The van der Waals surface area contributed by atoms with Crippen LogP contribution in [-0.4, -0.2) is 11.6 Å². The van der Waals surface area contributed by atoms with Gasteiger partial charge < -0.3 is 4.74 Å². The molecule has 0 aromatic carbocycles. The van der Waals surface area contributed by atoms with Crippen molar-refractivity contribution in [3.63, 3.8) is 0 Å². The molecule has 5 unspecified atom stereocenters.